The second kappa shape index (κ2) is 11.5. The Balaban J connectivity index is 1.41. The van der Waals surface area contributed by atoms with Crippen LogP contribution in [0, 0.1) is 0 Å². The van der Waals surface area contributed by atoms with Crippen LogP contribution in [0.25, 0.3) is 76.5 Å². The standard InChI is InChI=1S/C48H31NO/c1-4-15-39-32(10-1)13-7-18-41(39)35-22-27-37(28-23-35)49(38-29-24-36(25-30-38)42-19-8-14-33-11-2-5-16-40(33)42)45-20-9-21-46-47(45)44-31-26-34-12-3-6-17-43(34)48(44)50-46/h1-31H/i3D,6D,9D,12D,17D,20D,21D,22D,23D,24D,25D,26D,27D,28D,29D,30D,31D. The van der Waals surface area contributed by atoms with Crippen LogP contribution < -0.4 is 4.90 Å². The highest BCUT2D eigenvalue weighted by molar-refractivity contribution is 6.19. The van der Waals surface area contributed by atoms with Crippen molar-refractivity contribution in [2.24, 2.45) is 0 Å². The molecule has 9 aromatic carbocycles. The van der Waals surface area contributed by atoms with Gasteiger partial charge in [0.05, 0.1) is 34.4 Å². The maximum atomic E-state index is 9.69. The third kappa shape index (κ3) is 4.57. The Morgan fingerprint density at radius 3 is 1.64 bits per heavy atom. The largest absolute Gasteiger partial charge is 0.455 e. The highest BCUT2D eigenvalue weighted by Gasteiger charge is 2.21. The summed E-state index contributed by atoms with van der Waals surface area (Å²) in [5.41, 5.74) is -2.58. The minimum atomic E-state index is -0.869. The summed E-state index contributed by atoms with van der Waals surface area (Å²) in [6, 6.07) is 12.5. The first-order valence-electron chi connectivity index (χ1n) is 24.2. The van der Waals surface area contributed by atoms with Crippen LogP contribution in [0.2, 0.25) is 0 Å². The molecule has 0 aliphatic carbocycles. The van der Waals surface area contributed by atoms with Gasteiger partial charge in [-0.15, -0.1) is 0 Å². The monoisotopic (exact) mass is 654 g/mol. The molecule has 50 heavy (non-hydrogen) atoms. The molecule has 0 spiro atoms. The van der Waals surface area contributed by atoms with Gasteiger partial charge in [-0.1, -0.05) is 145 Å². The van der Waals surface area contributed by atoms with E-state index >= 15 is 0 Å². The molecule has 0 fully saturated rings. The summed E-state index contributed by atoms with van der Waals surface area (Å²) in [4.78, 5) is 0.798. The zero-order valence-electron chi connectivity index (χ0n) is 42.9. The van der Waals surface area contributed by atoms with Gasteiger partial charge in [-0.25, -0.2) is 0 Å². The summed E-state index contributed by atoms with van der Waals surface area (Å²) in [7, 11) is 0. The molecule has 234 valence electrons. The van der Waals surface area contributed by atoms with Crippen molar-refractivity contribution in [1.82, 2.24) is 0 Å². The average Bonchev–Trinajstić information content (AvgIpc) is 3.72. The zero-order chi connectivity index (χ0) is 47.8. The van der Waals surface area contributed by atoms with Crippen molar-refractivity contribution in [2.75, 3.05) is 4.90 Å². The average molecular weight is 655 g/mol. The van der Waals surface area contributed by atoms with Crippen LogP contribution in [0.15, 0.2) is 192 Å². The van der Waals surface area contributed by atoms with Gasteiger partial charge < -0.3 is 9.32 Å². The minimum Gasteiger partial charge on any atom is -0.455 e. The minimum absolute atomic E-state index is 0.123. The second-order valence-electron chi connectivity index (χ2n) is 11.6. The molecule has 10 rings (SSSR count). The SMILES string of the molecule is [2H]c1c([2H])c(N(c2c([2H])c([2H])c(-c3cccc4ccccc34)c([2H])c2[2H])c2c([2H])c([2H])c([2H])c3oc4c5c([2H])c([2H])c([2H])c([2H])c5c([2H])c([2H])c4c23)c([2H])c([2H])c1-c1cccc2ccccc12. The molecule has 0 radical (unpaired) electrons. The molecule has 0 aliphatic heterocycles. The maximum absolute atomic E-state index is 9.69. The number of benzene rings is 9. The number of hydrogen-bond donors (Lipinski definition) is 0. The number of fused-ring (bicyclic) bond motifs is 7. The summed E-state index contributed by atoms with van der Waals surface area (Å²) >= 11 is 0. The van der Waals surface area contributed by atoms with Crippen molar-refractivity contribution < 1.29 is 27.7 Å². The summed E-state index contributed by atoms with van der Waals surface area (Å²) in [6.07, 6.45) is 0. The smallest absolute Gasteiger partial charge is 0.143 e. The Morgan fingerprint density at radius 1 is 0.420 bits per heavy atom. The van der Waals surface area contributed by atoms with E-state index in [4.69, 9.17) is 14.0 Å². The van der Waals surface area contributed by atoms with Gasteiger partial charge in [-0.05, 0) is 91.5 Å². The zero-order valence-corrected chi connectivity index (χ0v) is 25.9. The fourth-order valence-electron chi connectivity index (χ4n) is 6.45. The normalized spacial score (nSPS) is 16.4. The van der Waals surface area contributed by atoms with Gasteiger partial charge in [0.15, 0.2) is 0 Å². The summed E-state index contributed by atoms with van der Waals surface area (Å²) < 4.78 is 163. The predicted molar refractivity (Wildman–Crippen MR) is 212 cm³/mol. The Hall–Kier alpha value is -6.64. The second-order valence-corrected chi connectivity index (χ2v) is 11.6. The maximum Gasteiger partial charge on any atom is 0.143 e. The number of hydrogen-bond acceptors (Lipinski definition) is 2. The van der Waals surface area contributed by atoms with Gasteiger partial charge in [0, 0.05) is 22.1 Å². The first-order valence-corrected chi connectivity index (χ1v) is 15.7. The van der Waals surface area contributed by atoms with E-state index in [9.17, 15) is 13.7 Å². The van der Waals surface area contributed by atoms with E-state index in [0.29, 0.717) is 21.9 Å². The van der Waals surface area contributed by atoms with E-state index in [1.165, 1.54) is 0 Å². The van der Waals surface area contributed by atoms with Crippen molar-refractivity contribution in [3.63, 3.8) is 0 Å². The van der Waals surface area contributed by atoms with E-state index < -0.39 is 147 Å². The van der Waals surface area contributed by atoms with Crippen molar-refractivity contribution >= 4 is 71.3 Å². The third-order valence-electron chi connectivity index (χ3n) is 8.74. The lowest BCUT2D eigenvalue weighted by molar-refractivity contribution is 0.672. The first-order chi connectivity index (χ1) is 31.9. The molecule has 0 atom stereocenters. The number of furan rings is 1. The lowest BCUT2D eigenvalue weighted by Gasteiger charge is -2.27. The van der Waals surface area contributed by atoms with E-state index in [1.54, 1.807) is 60.7 Å². The van der Waals surface area contributed by atoms with Crippen LogP contribution >= 0.6 is 0 Å². The molecular weight excluding hydrogens is 607 g/mol. The molecule has 2 nitrogen and oxygen atoms in total. The number of nitrogens with zero attached hydrogens (tertiary/aromatic N) is 1. The van der Waals surface area contributed by atoms with E-state index in [2.05, 4.69) is 0 Å². The molecule has 0 aliphatic rings. The third-order valence-corrected chi connectivity index (χ3v) is 8.74. The van der Waals surface area contributed by atoms with Crippen LogP contribution in [0.1, 0.15) is 23.3 Å². The topological polar surface area (TPSA) is 16.4 Å². The Bertz CT molecular complexity index is 3650. The lowest BCUT2D eigenvalue weighted by atomic mass is 9.97. The molecule has 10 aromatic rings. The molecule has 0 N–H and O–H groups in total. The van der Waals surface area contributed by atoms with Crippen molar-refractivity contribution in [3.05, 3.63) is 188 Å². The molecule has 0 saturated carbocycles. The van der Waals surface area contributed by atoms with Crippen molar-refractivity contribution in [3.8, 4) is 22.3 Å². The van der Waals surface area contributed by atoms with Crippen LogP contribution in [0.3, 0.4) is 0 Å². The number of rotatable bonds is 5. The van der Waals surface area contributed by atoms with Crippen LogP contribution in [0.4, 0.5) is 17.1 Å². The van der Waals surface area contributed by atoms with Crippen molar-refractivity contribution in [2.45, 2.75) is 0 Å². The van der Waals surface area contributed by atoms with Gasteiger partial charge in [0.2, 0.25) is 0 Å². The highest BCUT2D eigenvalue weighted by Crippen LogP contribution is 2.45. The molecular formula is C48H31NO. The fourth-order valence-corrected chi connectivity index (χ4v) is 6.45. The van der Waals surface area contributed by atoms with Gasteiger partial charge in [-0.3, -0.25) is 0 Å². The van der Waals surface area contributed by atoms with Crippen LogP contribution in [0.5, 0.6) is 0 Å². The molecule has 0 amide bonds. The Labute approximate surface area is 314 Å². The van der Waals surface area contributed by atoms with E-state index in [1.807, 2.05) is 24.3 Å². The highest BCUT2D eigenvalue weighted by atomic mass is 16.3. The van der Waals surface area contributed by atoms with Gasteiger partial charge >= 0.3 is 0 Å². The molecule has 0 bridgehead atoms. The predicted octanol–water partition coefficient (Wildman–Crippen LogP) is 13.8. The molecule has 2 heteroatoms. The van der Waals surface area contributed by atoms with Crippen LogP contribution in [-0.4, -0.2) is 0 Å². The molecule has 1 aromatic heterocycles. The van der Waals surface area contributed by atoms with Gasteiger partial charge in [0.25, 0.3) is 0 Å². The Morgan fingerprint density at radius 2 is 1.00 bits per heavy atom. The Kier molecular flexibility index (Phi) is 3.72. The lowest BCUT2D eigenvalue weighted by Crippen LogP contribution is -2.10. The molecule has 0 saturated heterocycles. The summed E-state index contributed by atoms with van der Waals surface area (Å²) in [5.74, 6) is 0. The quantitative estimate of drug-likeness (QED) is 0.184. The number of anilines is 3. The van der Waals surface area contributed by atoms with Gasteiger partial charge in [-0.2, -0.15) is 0 Å². The molecule has 0 unspecified atom stereocenters. The molecule has 1 heterocycles. The fraction of sp³-hybridized carbons (Fsp3) is 0. The van der Waals surface area contributed by atoms with E-state index in [0.717, 1.165) is 15.7 Å². The first kappa shape index (κ1) is 16.2. The van der Waals surface area contributed by atoms with Gasteiger partial charge in [0.1, 0.15) is 11.2 Å². The van der Waals surface area contributed by atoms with E-state index in [-0.39, 0.29) is 16.5 Å². The summed E-state index contributed by atoms with van der Waals surface area (Å²) in [6.45, 7) is 0. The summed E-state index contributed by atoms with van der Waals surface area (Å²) in [5, 5.41) is 1.09. The van der Waals surface area contributed by atoms with Crippen LogP contribution in [-0.2, 0) is 0 Å². The van der Waals surface area contributed by atoms with Crippen molar-refractivity contribution in [1.29, 1.82) is 0 Å².